The van der Waals surface area contributed by atoms with Crippen LogP contribution in [0.25, 0.3) is 16.7 Å². The topological polar surface area (TPSA) is 20.2 Å². The van der Waals surface area contributed by atoms with Crippen LogP contribution in [0, 0.1) is 6.92 Å². The fraction of sp³-hybridized carbons (Fsp3) is 0.176. The summed E-state index contributed by atoms with van der Waals surface area (Å²) in [7, 11) is 0. The van der Waals surface area contributed by atoms with Crippen molar-refractivity contribution in [2.75, 3.05) is 6.61 Å². The molecular weight excluding hydrogens is 220 g/mol. The second-order valence-electron chi connectivity index (χ2n) is 4.52. The van der Waals surface area contributed by atoms with Crippen molar-refractivity contribution in [3.63, 3.8) is 0 Å². The average Bonchev–Trinajstić information content (AvgIpc) is 2.39. The van der Waals surface area contributed by atoms with Crippen LogP contribution >= 0.6 is 0 Å². The van der Waals surface area contributed by atoms with Gasteiger partial charge >= 0.3 is 0 Å². The highest BCUT2D eigenvalue weighted by Crippen LogP contribution is 2.23. The molecule has 0 radical (unpaired) electrons. The lowest BCUT2D eigenvalue weighted by molar-refractivity contribution is 0.343. The fourth-order valence-corrected chi connectivity index (χ4v) is 2.00. The molecule has 0 heterocycles. The van der Waals surface area contributed by atoms with E-state index in [4.69, 9.17) is 5.11 Å². The number of hydrogen-bond donors (Lipinski definition) is 1. The van der Waals surface area contributed by atoms with E-state index < -0.39 is 0 Å². The van der Waals surface area contributed by atoms with Crippen molar-refractivity contribution >= 4 is 5.57 Å². The summed E-state index contributed by atoms with van der Waals surface area (Å²) in [6.07, 6.45) is 1.82. The maximum atomic E-state index is 8.88. The van der Waals surface area contributed by atoms with E-state index in [-0.39, 0.29) is 6.61 Å². The molecule has 92 valence electrons. The predicted molar refractivity (Wildman–Crippen MR) is 77.4 cm³/mol. The predicted octanol–water partition coefficient (Wildman–Crippen LogP) is 4.06. The number of aliphatic hydroxyl groups excluding tert-OH is 1. The lowest BCUT2D eigenvalue weighted by Gasteiger charge is -2.05. The average molecular weight is 238 g/mol. The van der Waals surface area contributed by atoms with Gasteiger partial charge in [0.05, 0.1) is 6.61 Å². The highest BCUT2D eigenvalue weighted by molar-refractivity contribution is 5.69. The Labute approximate surface area is 108 Å². The number of rotatable bonds is 3. The zero-order valence-corrected chi connectivity index (χ0v) is 10.9. The standard InChI is InChI=1S/C17H18O/c1-13-4-3-5-17(12-13)16-8-6-15(7-9-16)14(2)10-11-18/h3-10,12,18H,11H2,1-2H3. The van der Waals surface area contributed by atoms with Crippen LogP contribution in [0.15, 0.2) is 54.6 Å². The van der Waals surface area contributed by atoms with E-state index in [1.807, 2.05) is 13.0 Å². The smallest absolute Gasteiger partial charge is 0.0618 e. The van der Waals surface area contributed by atoms with Crippen molar-refractivity contribution in [3.05, 3.63) is 65.7 Å². The molecule has 0 spiro atoms. The van der Waals surface area contributed by atoms with Crippen molar-refractivity contribution in [2.45, 2.75) is 13.8 Å². The third-order valence-electron chi connectivity index (χ3n) is 3.09. The molecule has 0 aromatic heterocycles. The Morgan fingerprint density at radius 1 is 1.06 bits per heavy atom. The van der Waals surface area contributed by atoms with E-state index in [0.29, 0.717) is 0 Å². The Balaban J connectivity index is 2.30. The third-order valence-corrected chi connectivity index (χ3v) is 3.09. The Bertz CT molecular complexity index is 550. The SMILES string of the molecule is CC(=CCO)c1ccc(-c2cccc(C)c2)cc1. The molecule has 0 saturated heterocycles. The zero-order valence-electron chi connectivity index (χ0n) is 10.9. The quantitative estimate of drug-likeness (QED) is 0.855. The molecule has 2 rings (SSSR count). The van der Waals surface area contributed by atoms with Crippen LogP contribution < -0.4 is 0 Å². The maximum absolute atomic E-state index is 8.88. The van der Waals surface area contributed by atoms with E-state index in [1.54, 1.807) is 0 Å². The first-order valence-corrected chi connectivity index (χ1v) is 6.16. The van der Waals surface area contributed by atoms with Gasteiger partial charge in [0.1, 0.15) is 0 Å². The minimum Gasteiger partial charge on any atom is -0.392 e. The summed E-state index contributed by atoms with van der Waals surface area (Å²) < 4.78 is 0. The number of hydrogen-bond acceptors (Lipinski definition) is 1. The molecule has 18 heavy (non-hydrogen) atoms. The van der Waals surface area contributed by atoms with E-state index in [9.17, 15) is 0 Å². The Morgan fingerprint density at radius 3 is 2.39 bits per heavy atom. The maximum Gasteiger partial charge on any atom is 0.0618 e. The van der Waals surface area contributed by atoms with Crippen LogP contribution in [-0.2, 0) is 0 Å². The van der Waals surface area contributed by atoms with E-state index in [0.717, 1.165) is 11.1 Å². The van der Waals surface area contributed by atoms with Gasteiger partial charge in [-0.25, -0.2) is 0 Å². The van der Waals surface area contributed by atoms with Gasteiger partial charge in [-0.1, -0.05) is 60.2 Å². The van der Waals surface area contributed by atoms with Crippen molar-refractivity contribution in [1.82, 2.24) is 0 Å². The van der Waals surface area contributed by atoms with Gasteiger partial charge in [0.15, 0.2) is 0 Å². The van der Waals surface area contributed by atoms with Gasteiger partial charge in [-0.15, -0.1) is 0 Å². The normalized spacial score (nSPS) is 11.6. The van der Waals surface area contributed by atoms with Crippen molar-refractivity contribution in [1.29, 1.82) is 0 Å². The Morgan fingerprint density at radius 2 is 1.78 bits per heavy atom. The molecule has 0 amide bonds. The summed E-state index contributed by atoms with van der Waals surface area (Å²) in [6.45, 7) is 4.20. The molecule has 2 aromatic rings. The highest BCUT2D eigenvalue weighted by atomic mass is 16.2. The molecule has 0 unspecified atom stereocenters. The molecule has 0 saturated carbocycles. The molecule has 1 N–H and O–H groups in total. The van der Waals surface area contributed by atoms with Gasteiger partial charge in [-0.2, -0.15) is 0 Å². The minimum absolute atomic E-state index is 0.0888. The van der Waals surface area contributed by atoms with Crippen LogP contribution in [0.1, 0.15) is 18.1 Å². The number of aryl methyl sites for hydroxylation is 1. The molecule has 1 heteroatoms. The van der Waals surface area contributed by atoms with Gasteiger partial charge in [0, 0.05) is 0 Å². The van der Waals surface area contributed by atoms with Crippen LogP contribution in [-0.4, -0.2) is 11.7 Å². The minimum atomic E-state index is 0.0888. The van der Waals surface area contributed by atoms with E-state index in [1.165, 1.54) is 16.7 Å². The van der Waals surface area contributed by atoms with Gasteiger partial charge in [0.25, 0.3) is 0 Å². The Hall–Kier alpha value is -1.86. The molecular formula is C17H18O. The van der Waals surface area contributed by atoms with Crippen molar-refractivity contribution in [3.8, 4) is 11.1 Å². The lowest BCUT2D eigenvalue weighted by Crippen LogP contribution is -1.84. The molecule has 0 fully saturated rings. The van der Waals surface area contributed by atoms with Gasteiger partial charge < -0.3 is 5.11 Å². The number of benzene rings is 2. The highest BCUT2D eigenvalue weighted by Gasteiger charge is 1.99. The van der Waals surface area contributed by atoms with Gasteiger partial charge in [0.2, 0.25) is 0 Å². The lowest BCUT2D eigenvalue weighted by atomic mass is 10.00. The third kappa shape index (κ3) is 2.88. The summed E-state index contributed by atoms with van der Waals surface area (Å²) in [5.74, 6) is 0. The zero-order chi connectivity index (χ0) is 13.0. The Kier molecular flexibility index (Phi) is 3.96. The van der Waals surface area contributed by atoms with Crippen LogP contribution in [0.5, 0.6) is 0 Å². The van der Waals surface area contributed by atoms with Gasteiger partial charge in [-0.3, -0.25) is 0 Å². The monoisotopic (exact) mass is 238 g/mol. The molecule has 0 aliphatic rings. The summed E-state index contributed by atoms with van der Waals surface area (Å²) in [5.41, 5.74) is 5.99. The largest absolute Gasteiger partial charge is 0.392 e. The van der Waals surface area contributed by atoms with E-state index in [2.05, 4.69) is 55.5 Å². The first kappa shape index (κ1) is 12.6. The van der Waals surface area contributed by atoms with Crippen molar-refractivity contribution < 1.29 is 5.11 Å². The van der Waals surface area contributed by atoms with Crippen LogP contribution in [0.3, 0.4) is 0 Å². The molecule has 1 nitrogen and oxygen atoms in total. The van der Waals surface area contributed by atoms with Crippen LogP contribution in [0.4, 0.5) is 0 Å². The van der Waals surface area contributed by atoms with E-state index >= 15 is 0 Å². The second-order valence-corrected chi connectivity index (χ2v) is 4.52. The summed E-state index contributed by atoms with van der Waals surface area (Å²) in [4.78, 5) is 0. The summed E-state index contributed by atoms with van der Waals surface area (Å²) in [5, 5.41) is 8.88. The molecule has 0 atom stereocenters. The second kappa shape index (κ2) is 5.65. The molecule has 0 aliphatic carbocycles. The van der Waals surface area contributed by atoms with Crippen LogP contribution in [0.2, 0.25) is 0 Å². The first-order valence-electron chi connectivity index (χ1n) is 6.16. The number of allylic oxidation sites excluding steroid dienone is 1. The van der Waals surface area contributed by atoms with Crippen molar-refractivity contribution in [2.24, 2.45) is 0 Å². The fourth-order valence-electron chi connectivity index (χ4n) is 2.00. The van der Waals surface area contributed by atoms with Gasteiger partial charge in [-0.05, 0) is 36.1 Å². The molecule has 2 aromatic carbocycles. The molecule has 0 aliphatic heterocycles. The first-order chi connectivity index (χ1) is 8.70. The summed E-state index contributed by atoms with van der Waals surface area (Å²) in [6, 6.07) is 16.9. The summed E-state index contributed by atoms with van der Waals surface area (Å²) >= 11 is 0. The number of aliphatic hydroxyl groups is 1. The molecule has 0 bridgehead atoms.